The molecule has 96 valence electrons. The molecule has 0 aliphatic carbocycles. The maximum atomic E-state index is 11.7. The molecule has 1 saturated heterocycles. The Bertz CT molecular complexity index is 499. The molecule has 0 spiro atoms. The van der Waals surface area contributed by atoms with E-state index in [-0.39, 0.29) is 11.5 Å². The lowest BCUT2D eigenvalue weighted by Crippen LogP contribution is -2.48. The number of likely N-dealkylation sites (N-methyl/N-ethyl adjacent to an activating group) is 1. The van der Waals surface area contributed by atoms with Crippen LogP contribution in [-0.2, 0) is 4.79 Å². The van der Waals surface area contributed by atoms with Gasteiger partial charge in [-0.05, 0) is 30.7 Å². The van der Waals surface area contributed by atoms with E-state index >= 15 is 0 Å². The number of aromatic carboxylic acids is 1. The molecule has 1 aliphatic heterocycles. The van der Waals surface area contributed by atoms with Crippen LogP contribution in [0.2, 0.25) is 0 Å². The Kier molecular flexibility index (Phi) is 3.23. The molecule has 0 bridgehead atoms. The van der Waals surface area contributed by atoms with Crippen LogP contribution in [0.15, 0.2) is 18.2 Å². The number of benzene rings is 1. The molecule has 0 unspecified atom stereocenters. The van der Waals surface area contributed by atoms with Crippen molar-refractivity contribution in [2.24, 2.45) is 0 Å². The molecule has 1 heterocycles. The molecule has 1 N–H and O–H groups in total. The molecular formula is C13H16N2O3. The monoisotopic (exact) mass is 248 g/mol. The van der Waals surface area contributed by atoms with Crippen molar-refractivity contribution >= 4 is 17.6 Å². The van der Waals surface area contributed by atoms with Crippen LogP contribution in [0, 0.1) is 6.92 Å². The third-order valence-corrected chi connectivity index (χ3v) is 3.24. The number of aryl methyl sites for hydroxylation is 1. The van der Waals surface area contributed by atoms with Crippen molar-refractivity contribution < 1.29 is 14.7 Å². The number of carboxylic acids is 1. The number of hydrogen-bond donors (Lipinski definition) is 1. The molecular weight excluding hydrogens is 232 g/mol. The van der Waals surface area contributed by atoms with E-state index < -0.39 is 5.97 Å². The average Bonchev–Trinajstić information content (AvgIpc) is 2.32. The largest absolute Gasteiger partial charge is 0.478 e. The minimum atomic E-state index is -0.931. The zero-order chi connectivity index (χ0) is 13.3. The third kappa shape index (κ3) is 2.30. The second-order valence-electron chi connectivity index (χ2n) is 4.54. The molecule has 1 fully saturated rings. The van der Waals surface area contributed by atoms with Crippen LogP contribution < -0.4 is 4.90 Å². The second kappa shape index (κ2) is 4.68. The molecule has 1 aliphatic rings. The van der Waals surface area contributed by atoms with Crippen LogP contribution >= 0.6 is 0 Å². The summed E-state index contributed by atoms with van der Waals surface area (Å²) < 4.78 is 0. The van der Waals surface area contributed by atoms with Gasteiger partial charge in [-0.15, -0.1) is 0 Å². The van der Waals surface area contributed by atoms with Crippen molar-refractivity contribution in [3.05, 3.63) is 29.3 Å². The Labute approximate surface area is 106 Å². The molecule has 2 rings (SSSR count). The van der Waals surface area contributed by atoms with Gasteiger partial charge in [-0.3, -0.25) is 4.79 Å². The predicted molar refractivity (Wildman–Crippen MR) is 68.0 cm³/mol. The van der Waals surface area contributed by atoms with Gasteiger partial charge in [-0.25, -0.2) is 4.79 Å². The van der Waals surface area contributed by atoms with E-state index in [0.717, 1.165) is 17.8 Å². The summed E-state index contributed by atoms with van der Waals surface area (Å²) >= 11 is 0. The lowest BCUT2D eigenvalue weighted by molar-refractivity contribution is -0.129. The van der Waals surface area contributed by atoms with E-state index in [1.807, 2.05) is 11.8 Å². The maximum Gasteiger partial charge on any atom is 0.335 e. The highest BCUT2D eigenvalue weighted by Crippen LogP contribution is 2.22. The fraction of sp³-hybridized carbons (Fsp3) is 0.385. The van der Waals surface area contributed by atoms with Crippen LogP contribution in [0.1, 0.15) is 15.9 Å². The van der Waals surface area contributed by atoms with Crippen molar-refractivity contribution in [2.75, 3.05) is 31.6 Å². The minimum absolute atomic E-state index is 0.0861. The van der Waals surface area contributed by atoms with E-state index in [0.29, 0.717) is 13.1 Å². The van der Waals surface area contributed by atoms with Gasteiger partial charge in [-0.2, -0.15) is 0 Å². The molecule has 5 heteroatoms. The SMILES string of the molecule is Cc1cc(C(=O)O)ccc1N1CCN(C)C(=O)C1. The highest BCUT2D eigenvalue weighted by molar-refractivity contribution is 5.89. The maximum absolute atomic E-state index is 11.7. The topological polar surface area (TPSA) is 60.9 Å². The van der Waals surface area contributed by atoms with Gasteiger partial charge in [0.1, 0.15) is 0 Å². The Morgan fingerprint density at radius 1 is 1.33 bits per heavy atom. The van der Waals surface area contributed by atoms with Gasteiger partial charge in [0, 0.05) is 25.8 Å². The fourth-order valence-corrected chi connectivity index (χ4v) is 2.11. The summed E-state index contributed by atoms with van der Waals surface area (Å²) in [6, 6.07) is 4.99. The van der Waals surface area contributed by atoms with Crippen molar-refractivity contribution in [3.8, 4) is 0 Å². The van der Waals surface area contributed by atoms with Gasteiger partial charge in [0.2, 0.25) is 5.91 Å². The Morgan fingerprint density at radius 3 is 2.61 bits per heavy atom. The fourth-order valence-electron chi connectivity index (χ4n) is 2.11. The van der Waals surface area contributed by atoms with Crippen molar-refractivity contribution in [1.29, 1.82) is 0 Å². The quantitative estimate of drug-likeness (QED) is 0.847. The van der Waals surface area contributed by atoms with Crippen molar-refractivity contribution in [2.45, 2.75) is 6.92 Å². The van der Waals surface area contributed by atoms with Crippen molar-refractivity contribution in [1.82, 2.24) is 4.90 Å². The predicted octanol–water partition coefficient (Wildman–Crippen LogP) is 0.972. The number of hydrogen-bond acceptors (Lipinski definition) is 3. The van der Waals surface area contributed by atoms with Crippen LogP contribution in [0.25, 0.3) is 0 Å². The standard InChI is InChI=1S/C13H16N2O3/c1-9-7-10(13(17)18)3-4-11(9)15-6-5-14(2)12(16)8-15/h3-4,7H,5-6,8H2,1-2H3,(H,17,18). The number of carbonyl (C=O) groups is 2. The zero-order valence-corrected chi connectivity index (χ0v) is 10.5. The second-order valence-corrected chi connectivity index (χ2v) is 4.54. The van der Waals surface area contributed by atoms with Crippen molar-refractivity contribution in [3.63, 3.8) is 0 Å². The van der Waals surface area contributed by atoms with Gasteiger partial charge in [0.05, 0.1) is 12.1 Å². The minimum Gasteiger partial charge on any atom is -0.478 e. The molecule has 1 amide bonds. The first-order chi connectivity index (χ1) is 8.49. The van der Waals surface area contributed by atoms with E-state index in [1.165, 1.54) is 0 Å². The zero-order valence-electron chi connectivity index (χ0n) is 10.5. The Hall–Kier alpha value is -2.04. The number of anilines is 1. The molecule has 0 aromatic heterocycles. The summed E-state index contributed by atoms with van der Waals surface area (Å²) in [6.07, 6.45) is 0. The van der Waals surface area contributed by atoms with E-state index in [2.05, 4.69) is 0 Å². The van der Waals surface area contributed by atoms with Gasteiger partial charge >= 0.3 is 5.97 Å². The van der Waals surface area contributed by atoms with Gasteiger partial charge in [0.25, 0.3) is 0 Å². The first-order valence-corrected chi connectivity index (χ1v) is 5.82. The number of carboxylic acid groups (broad SMARTS) is 1. The summed E-state index contributed by atoms with van der Waals surface area (Å²) in [5.74, 6) is -0.845. The van der Waals surface area contributed by atoms with E-state index in [1.54, 1.807) is 30.1 Å². The van der Waals surface area contributed by atoms with Gasteiger partial charge in [0.15, 0.2) is 0 Å². The molecule has 0 atom stereocenters. The smallest absolute Gasteiger partial charge is 0.335 e. The highest BCUT2D eigenvalue weighted by atomic mass is 16.4. The summed E-state index contributed by atoms with van der Waals surface area (Å²) in [5, 5.41) is 8.91. The molecule has 1 aromatic carbocycles. The van der Waals surface area contributed by atoms with Gasteiger partial charge < -0.3 is 14.9 Å². The molecule has 5 nitrogen and oxygen atoms in total. The molecule has 1 aromatic rings. The van der Waals surface area contributed by atoms with Crippen LogP contribution in [0.5, 0.6) is 0 Å². The number of piperazine rings is 1. The highest BCUT2D eigenvalue weighted by Gasteiger charge is 2.22. The molecule has 0 saturated carbocycles. The van der Waals surface area contributed by atoms with E-state index in [4.69, 9.17) is 5.11 Å². The van der Waals surface area contributed by atoms with E-state index in [9.17, 15) is 9.59 Å². The number of nitrogens with zero attached hydrogens (tertiary/aromatic N) is 2. The Balaban J connectivity index is 2.24. The summed E-state index contributed by atoms with van der Waals surface area (Å²) in [4.78, 5) is 26.2. The van der Waals surface area contributed by atoms with Gasteiger partial charge in [-0.1, -0.05) is 0 Å². The van der Waals surface area contributed by atoms with Crippen LogP contribution in [-0.4, -0.2) is 48.6 Å². The number of amides is 1. The average molecular weight is 248 g/mol. The summed E-state index contributed by atoms with van der Waals surface area (Å²) in [6.45, 7) is 3.68. The first kappa shape index (κ1) is 12.4. The third-order valence-electron chi connectivity index (χ3n) is 3.24. The number of rotatable bonds is 2. The Morgan fingerprint density at radius 2 is 2.06 bits per heavy atom. The molecule has 18 heavy (non-hydrogen) atoms. The summed E-state index contributed by atoms with van der Waals surface area (Å²) in [7, 11) is 1.79. The van der Waals surface area contributed by atoms with Crippen LogP contribution in [0.3, 0.4) is 0 Å². The lowest BCUT2D eigenvalue weighted by atomic mass is 10.1. The van der Waals surface area contributed by atoms with Crippen LogP contribution in [0.4, 0.5) is 5.69 Å². The normalized spacial score (nSPS) is 16.0. The molecule has 0 radical (unpaired) electrons. The summed E-state index contributed by atoms with van der Waals surface area (Å²) in [5.41, 5.74) is 2.09. The lowest BCUT2D eigenvalue weighted by Gasteiger charge is -2.34. The first-order valence-electron chi connectivity index (χ1n) is 5.82. The number of carbonyl (C=O) groups excluding carboxylic acids is 1.